The molecule has 28 heavy (non-hydrogen) atoms. The van der Waals surface area contributed by atoms with Crippen molar-refractivity contribution < 1.29 is 4.74 Å². The van der Waals surface area contributed by atoms with Gasteiger partial charge in [0.05, 0.1) is 17.1 Å². The summed E-state index contributed by atoms with van der Waals surface area (Å²) >= 11 is 3.40. The zero-order chi connectivity index (χ0) is 19.7. The summed E-state index contributed by atoms with van der Waals surface area (Å²) in [6.07, 6.45) is 0. The molecule has 0 fully saturated rings. The number of hydrogen-bond donors (Lipinski definition) is 0. The Morgan fingerprint density at radius 2 is 1.61 bits per heavy atom. The summed E-state index contributed by atoms with van der Waals surface area (Å²) in [6, 6.07) is 19.4. The summed E-state index contributed by atoms with van der Waals surface area (Å²) in [5.74, 6) is 0.719. The largest absolute Gasteiger partial charge is 0.456 e. The average Bonchev–Trinajstić information content (AvgIpc) is 3.19. The molecule has 2 aromatic heterocycles. The molecule has 8 heteroatoms. The van der Waals surface area contributed by atoms with Crippen LogP contribution in [0.25, 0.3) is 11.4 Å². The van der Waals surface area contributed by atoms with E-state index in [9.17, 15) is 4.79 Å². The molecule has 0 aliphatic carbocycles. The summed E-state index contributed by atoms with van der Waals surface area (Å²) in [5, 5.41) is 4.42. The van der Waals surface area contributed by atoms with Crippen molar-refractivity contribution in [2.75, 3.05) is 0 Å². The first kappa shape index (κ1) is 18.2. The maximum Gasteiger partial charge on any atom is 0.336 e. The monoisotopic (exact) mass is 439 g/mol. The number of rotatable bonds is 5. The Labute approximate surface area is 169 Å². The van der Waals surface area contributed by atoms with E-state index in [2.05, 4.69) is 26.0 Å². The van der Waals surface area contributed by atoms with Crippen LogP contribution in [0.4, 0.5) is 0 Å². The molecule has 0 N–H and O–H groups in total. The van der Waals surface area contributed by atoms with Crippen LogP contribution < -0.4 is 10.3 Å². The number of nitrogens with zero attached hydrogens (tertiary/aromatic N) is 5. The first-order chi connectivity index (χ1) is 13.6. The lowest BCUT2D eigenvalue weighted by Crippen LogP contribution is -2.19. The molecule has 0 aliphatic rings. The van der Waals surface area contributed by atoms with Crippen LogP contribution in [0.1, 0.15) is 11.5 Å². The molecule has 0 bridgehead atoms. The Morgan fingerprint density at radius 3 is 2.25 bits per heavy atom. The molecule has 0 amide bonds. The van der Waals surface area contributed by atoms with Gasteiger partial charge in [0.25, 0.3) is 5.56 Å². The van der Waals surface area contributed by atoms with Crippen LogP contribution in [0.15, 0.2) is 69.9 Å². The van der Waals surface area contributed by atoms with Gasteiger partial charge in [-0.3, -0.25) is 9.48 Å². The maximum atomic E-state index is 12.7. The Kier molecular flexibility index (Phi) is 4.87. The Balaban J connectivity index is 1.61. The second-order valence-electron chi connectivity index (χ2n) is 6.21. The minimum Gasteiger partial charge on any atom is -0.456 e. The van der Waals surface area contributed by atoms with E-state index in [-0.39, 0.29) is 18.2 Å². The molecule has 7 nitrogen and oxygen atoms in total. The number of benzene rings is 2. The minimum atomic E-state index is -0.147. The van der Waals surface area contributed by atoms with Crippen LogP contribution in [-0.4, -0.2) is 24.1 Å². The third-order valence-electron chi connectivity index (χ3n) is 4.41. The van der Waals surface area contributed by atoms with Crippen molar-refractivity contribution >= 4 is 15.9 Å². The summed E-state index contributed by atoms with van der Waals surface area (Å²) in [6.45, 7) is 2.02. The summed E-state index contributed by atoms with van der Waals surface area (Å²) in [7, 11) is 1.82. The van der Waals surface area contributed by atoms with Gasteiger partial charge in [0.15, 0.2) is 0 Å². The minimum absolute atomic E-state index is 0.147. The van der Waals surface area contributed by atoms with Gasteiger partial charge >= 0.3 is 6.01 Å². The van der Waals surface area contributed by atoms with Crippen molar-refractivity contribution in [3.05, 3.63) is 87.0 Å². The van der Waals surface area contributed by atoms with Crippen molar-refractivity contribution in [1.82, 2.24) is 24.1 Å². The van der Waals surface area contributed by atoms with Crippen LogP contribution in [0.3, 0.4) is 0 Å². The number of ether oxygens (including phenoxy) is 1. The normalized spacial score (nSPS) is 11.0. The second kappa shape index (κ2) is 7.47. The van der Waals surface area contributed by atoms with E-state index >= 15 is 0 Å². The van der Waals surface area contributed by atoms with Gasteiger partial charge in [0, 0.05) is 7.05 Å². The Morgan fingerprint density at radius 1 is 1.00 bits per heavy atom. The third-order valence-corrected chi connectivity index (χ3v) is 5.21. The van der Waals surface area contributed by atoms with Crippen molar-refractivity contribution in [2.45, 2.75) is 13.5 Å². The molecule has 0 saturated carbocycles. The predicted octanol–water partition coefficient (Wildman–Crippen LogP) is 3.41. The standard InChI is InChI=1S/C20H18BrN5O2/c1-14-22-20(23-25(14)15-9-5-3-6-10-15)28-13-17-18(21)19(27)26(24(17)2)16-11-7-4-8-12-16/h3-12H,13H2,1-2H3. The first-order valence-corrected chi connectivity index (χ1v) is 9.49. The van der Waals surface area contributed by atoms with Crippen LogP contribution >= 0.6 is 15.9 Å². The first-order valence-electron chi connectivity index (χ1n) is 8.70. The molecule has 2 aromatic carbocycles. The summed E-state index contributed by atoms with van der Waals surface area (Å²) in [4.78, 5) is 17.0. The molecule has 0 saturated heterocycles. The number of hydrogen-bond acceptors (Lipinski definition) is 4. The molecule has 2 heterocycles. The van der Waals surface area contributed by atoms with Gasteiger partial charge in [-0.25, -0.2) is 9.36 Å². The lowest BCUT2D eigenvalue weighted by Gasteiger charge is -2.09. The Bertz CT molecular complexity index is 1160. The van der Waals surface area contributed by atoms with E-state index in [1.165, 1.54) is 0 Å². The predicted molar refractivity (Wildman–Crippen MR) is 109 cm³/mol. The van der Waals surface area contributed by atoms with Crippen LogP contribution in [0.5, 0.6) is 6.01 Å². The van der Waals surface area contributed by atoms with Gasteiger partial charge in [0.2, 0.25) is 0 Å². The molecule has 0 radical (unpaired) electrons. The van der Waals surface area contributed by atoms with Crippen molar-refractivity contribution in [1.29, 1.82) is 0 Å². The number of halogens is 1. The smallest absolute Gasteiger partial charge is 0.336 e. The SMILES string of the molecule is Cc1nc(OCc2c(Br)c(=O)n(-c3ccccc3)n2C)nn1-c1ccccc1. The van der Waals surface area contributed by atoms with Gasteiger partial charge in [0.1, 0.15) is 16.9 Å². The Hall–Kier alpha value is -3.13. The molecular weight excluding hydrogens is 422 g/mol. The lowest BCUT2D eigenvalue weighted by atomic mass is 10.3. The van der Waals surface area contributed by atoms with Crippen LogP contribution in [0, 0.1) is 6.92 Å². The highest BCUT2D eigenvalue weighted by Gasteiger charge is 2.18. The lowest BCUT2D eigenvalue weighted by molar-refractivity contribution is 0.269. The molecule has 142 valence electrons. The van der Waals surface area contributed by atoms with Gasteiger partial charge in [-0.2, -0.15) is 4.98 Å². The van der Waals surface area contributed by atoms with E-state index in [1.807, 2.05) is 74.6 Å². The number of para-hydroxylation sites is 2. The fourth-order valence-corrected chi connectivity index (χ4v) is 3.54. The van der Waals surface area contributed by atoms with Crippen molar-refractivity contribution in [2.24, 2.45) is 7.05 Å². The van der Waals surface area contributed by atoms with Crippen LogP contribution in [-0.2, 0) is 13.7 Å². The van der Waals surface area contributed by atoms with Gasteiger partial charge in [-0.15, -0.1) is 5.10 Å². The fraction of sp³-hybridized carbons (Fsp3) is 0.150. The number of aromatic nitrogens is 5. The van der Waals surface area contributed by atoms with Crippen molar-refractivity contribution in [3.63, 3.8) is 0 Å². The molecule has 0 spiro atoms. The average molecular weight is 440 g/mol. The highest BCUT2D eigenvalue weighted by atomic mass is 79.9. The topological polar surface area (TPSA) is 66.9 Å². The summed E-state index contributed by atoms with van der Waals surface area (Å²) in [5.41, 5.74) is 2.24. The van der Waals surface area contributed by atoms with Crippen molar-refractivity contribution in [3.8, 4) is 17.4 Å². The molecule has 4 aromatic rings. The molecule has 0 aliphatic heterocycles. The molecule has 4 rings (SSSR count). The van der Waals surface area contributed by atoms with E-state index in [0.29, 0.717) is 10.2 Å². The van der Waals surface area contributed by atoms with E-state index in [0.717, 1.165) is 17.2 Å². The van der Waals surface area contributed by atoms with Gasteiger partial charge in [-0.05, 0) is 47.1 Å². The van der Waals surface area contributed by atoms with Crippen LogP contribution in [0.2, 0.25) is 0 Å². The number of aryl methyl sites for hydroxylation is 1. The molecule has 0 atom stereocenters. The second-order valence-corrected chi connectivity index (χ2v) is 7.01. The van der Waals surface area contributed by atoms with E-state index in [4.69, 9.17) is 4.74 Å². The van der Waals surface area contributed by atoms with E-state index < -0.39 is 0 Å². The maximum absolute atomic E-state index is 12.7. The molecule has 0 unspecified atom stereocenters. The summed E-state index contributed by atoms with van der Waals surface area (Å²) < 4.78 is 11.3. The molecular formula is C20H18BrN5O2. The zero-order valence-electron chi connectivity index (χ0n) is 15.4. The highest BCUT2D eigenvalue weighted by Crippen LogP contribution is 2.18. The quantitative estimate of drug-likeness (QED) is 0.477. The van der Waals surface area contributed by atoms with E-state index in [1.54, 1.807) is 14.0 Å². The third kappa shape index (κ3) is 3.27. The van der Waals surface area contributed by atoms with Gasteiger partial charge < -0.3 is 4.74 Å². The zero-order valence-corrected chi connectivity index (χ0v) is 17.0. The fourth-order valence-electron chi connectivity index (χ4n) is 3.01. The highest BCUT2D eigenvalue weighted by molar-refractivity contribution is 9.10. The van der Waals surface area contributed by atoms with Gasteiger partial charge in [-0.1, -0.05) is 36.4 Å².